The van der Waals surface area contributed by atoms with E-state index in [0.717, 1.165) is 42.0 Å². The van der Waals surface area contributed by atoms with E-state index in [1.165, 1.54) is 0 Å². The molecule has 0 aliphatic carbocycles. The number of carbonyl (C=O) groups excluding carboxylic acids is 1. The molecule has 1 aliphatic rings. The first-order valence-electron chi connectivity index (χ1n) is 9.49. The van der Waals surface area contributed by atoms with Crippen LogP contribution in [0.3, 0.4) is 0 Å². The molecule has 2 aromatic rings. The molecule has 1 aliphatic heterocycles. The molecule has 1 atom stereocenters. The van der Waals surface area contributed by atoms with E-state index in [1.807, 2.05) is 56.9 Å². The zero-order valence-corrected chi connectivity index (χ0v) is 17.7. The number of alkyl carbamates (subject to hydrolysis) is 1. The molecule has 152 valence electrons. The molecular formula is C20H28N4O3S. The summed E-state index contributed by atoms with van der Waals surface area (Å²) in [6.45, 7) is 8.13. The van der Waals surface area contributed by atoms with Crippen molar-refractivity contribution in [3.63, 3.8) is 0 Å². The SMILES string of the molecule is COc1ccc2nccc(N3CCC(SCCNC(=O)OC(C)(C)C)C3)c2n1. The fourth-order valence-electron chi connectivity index (χ4n) is 3.14. The van der Waals surface area contributed by atoms with Gasteiger partial charge >= 0.3 is 6.09 Å². The zero-order chi connectivity index (χ0) is 20.1. The molecule has 8 heteroatoms. The number of thioether (sulfide) groups is 1. The van der Waals surface area contributed by atoms with Crippen molar-refractivity contribution in [1.82, 2.24) is 15.3 Å². The molecule has 3 rings (SSSR count). The predicted octanol–water partition coefficient (Wildman–Crippen LogP) is 3.48. The maximum absolute atomic E-state index is 11.7. The van der Waals surface area contributed by atoms with Gasteiger partial charge in [-0.15, -0.1) is 0 Å². The van der Waals surface area contributed by atoms with Crippen LogP contribution in [0.25, 0.3) is 11.0 Å². The third-order valence-corrected chi connectivity index (χ3v) is 5.65. The predicted molar refractivity (Wildman–Crippen MR) is 113 cm³/mol. The quantitative estimate of drug-likeness (QED) is 0.739. The average Bonchev–Trinajstić information content (AvgIpc) is 3.11. The molecule has 7 nitrogen and oxygen atoms in total. The number of aromatic nitrogens is 2. The van der Waals surface area contributed by atoms with E-state index in [2.05, 4.69) is 20.2 Å². The van der Waals surface area contributed by atoms with Crippen LogP contribution in [0, 0.1) is 0 Å². The lowest BCUT2D eigenvalue weighted by atomic mass is 10.2. The molecule has 1 unspecified atom stereocenters. The second-order valence-corrected chi connectivity index (χ2v) is 9.12. The average molecular weight is 405 g/mol. The van der Waals surface area contributed by atoms with Crippen molar-refractivity contribution in [2.75, 3.05) is 37.4 Å². The van der Waals surface area contributed by atoms with Gasteiger partial charge in [-0.3, -0.25) is 4.98 Å². The highest BCUT2D eigenvalue weighted by atomic mass is 32.2. The highest BCUT2D eigenvalue weighted by molar-refractivity contribution is 7.99. The number of pyridine rings is 2. The van der Waals surface area contributed by atoms with Crippen LogP contribution in [-0.2, 0) is 4.74 Å². The van der Waals surface area contributed by atoms with E-state index < -0.39 is 5.60 Å². The van der Waals surface area contributed by atoms with Crippen LogP contribution in [0.5, 0.6) is 5.88 Å². The maximum Gasteiger partial charge on any atom is 0.407 e. The van der Waals surface area contributed by atoms with Gasteiger partial charge in [-0.25, -0.2) is 9.78 Å². The minimum Gasteiger partial charge on any atom is -0.481 e. The van der Waals surface area contributed by atoms with Crippen LogP contribution in [-0.4, -0.2) is 59.4 Å². The van der Waals surface area contributed by atoms with Crippen molar-refractivity contribution in [2.24, 2.45) is 0 Å². The number of rotatable bonds is 6. The first kappa shape index (κ1) is 20.5. The number of carbonyl (C=O) groups is 1. The third kappa shape index (κ3) is 5.41. The summed E-state index contributed by atoms with van der Waals surface area (Å²) in [5, 5.41) is 3.34. The zero-order valence-electron chi connectivity index (χ0n) is 16.9. The molecule has 0 bridgehead atoms. The van der Waals surface area contributed by atoms with Crippen LogP contribution in [0.1, 0.15) is 27.2 Å². The highest BCUT2D eigenvalue weighted by Crippen LogP contribution is 2.31. The summed E-state index contributed by atoms with van der Waals surface area (Å²) in [7, 11) is 1.62. The fourth-order valence-corrected chi connectivity index (χ4v) is 4.25. The van der Waals surface area contributed by atoms with Gasteiger partial charge in [0.05, 0.1) is 18.3 Å². The van der Waals surface area contributed by atoms with Crippen LogP contribution >= 0.6 is 11.8 Å². The van der Waals surface area contributed by atoms with E-state index >= 15 is 0 Å². The summed E-state index contributed by atoms with van der Waals surface area (Å²) in [4.78, 5) is 23.1. The van der Waals surface area contributed by atoms with Gasteiger partial charge in [0.1, 0.15) is 11.1 Å². The van der Waals surface area contributed by atoms with E-state index in [0.29, 0.717) is 17.7 Å². The maximum atomic E-state index is 11.7. The number of nitrogens with one attached hydrogen (secondary N) is 1. The Morgan fingerprint density at radius 3 is 2.93 bits per heavy atom. The molecular weight excluding hydrogens is 376 g/mol. The van der Waals surface area contributed by atoms with Crippen LogP contribution in [0.15, 0.2) is 24.4 Å². The molecule has 28 heavy (non-hydrogen) atoms. The highest BCUT2D eigenvalue weighted by Gasteiger charge is 2.25. The van der Waals surface area contributed by atoms with Gasteiger partial charge < -0.3 is 19.7 Å². The third-order valence-electron chi connectivity index (χ3n) is 4.36. The number of anilines is 1. The molecule has 1 saturated heterocycles. The number of hydrogen-bond donors (Lipinski definition) is 1. The lowest BCUT2D eigenvalue weighted by Crippen LogP contribution is -2.33. The first-order chi connectivity index (χ1) is 13.4. The summed E-state index contributed by atoms with van der Waals surface area (Å²) in [6.07, 6.45) is 2.58. The summed E-state index contributed by atoms with van der Waals surface area (Å²) < 4.78 is 10.5. The van der Waals surface area contributed by atoms with E-state index in [4.69, 9.17) is 9.47 Å². The second-order valence-electron chi connectivity index (χ2n) is 7.71. The van der Waals surface area contributed by atoms with E-state index in [-0.39, 0.29) is 6.09 Å². The molecule has 3 heterocycles. The van der Waals surface area contributed by atoms with Gasteiger partial charge in [0.2, 0.25) is 5.88 Å². The Bertz CT molecular complexity index is 825. The monoisotopic (exact) mass is 404 g/mol. The van der Waals surface area contributed by atoms with Crippen LogP contribution in [0.2, 0.25) is 0 Å². The molecule has 0 radical (unpaired) electrons. The number of fused-ring (bicyclic) bond motifs is 1. The largest absolute Gasteiger partial charge is 0.481 e. The Morgan fingerprint density at radius 2 is 2.18 bits per heavy atom. The Labute approximate surface area is 170 Å². The first-order valence-corrected chi connectivity index (χ1v) is 10.5. The summed E-state index contributed by atoms with van der Waals surface area (Å²) in [6, 6.07) is 5.79. The van der Waals surface area contributed by atoms with E-state index in [1.54, 1.807) is 7.11 Å². The van der Waals surface area contributed by atoms with Gasteiger partial charge in [-0.1, -0.05) is 0 Å². The molecule has 1 amide bonds. The topological polar surface area (TPSA) is 76.6 Å². The Hall–Kier alpha value is -2.22. The Balaban J connectivity index is 1.52. The lowest BCUT2D eigenvalue weighted by Gasteiger charge is -2.20. The van der Waals surface area contributed by atoms with Crippen LogP contribution < -0.4 is 15.0 Å². The summed E-state index contributed by atoms with van der Waals surface area (Å²) in [5.41, 5.74) is 2.38. The summed E-state index contributed by atoms with van der Waals surface area (Å²) in [5.74, 6) is 1.46. The molecule has 1 fully saturated rings. The minimum atomic E-state index is -0.465. The van der Waals surface area contributed by atoms with Gasteiger partial charge in [0.25, 0.3) is 0 Å². The number of hydrogen-bond acceptors (Lipinski definition) is 7. The lowest BCUT2D eigenvalue weighted by molar-refractivity contribution is 0.0531. The van der Waals surface area contributed by atoms with Gasteiger partial charge in [-0.05, 0) is 39.3 Å². The molecule has 0 spiro atoms. The molecule has 2 aromatic heterocycles. The minimum absolute atomic E-state index is 0.357. The van der Waals surface area contributed by atoms with Gasteiger partial charge in [-0.2, -0.15) is 11.8 Å². The molecule has 0 saturated carbocycles. The van der Waals surface area contributed by atoms with Crippen molar-refractivity contribution >= 4 is 34.6 Å². The number of ether oxygens (including phenoxy) is 2. The Kier molecular flexibility index (Phi) is 6.49. The second kappa shape index (κ2) is 8.86. The van der Waals surface area contributed by atoms with Crippen LogP contribution in [0.4, 0.5) is 10.5 Å². The summed E-state index contributed by atoms with van der Waals surface area (Å²) >= 11 is 1.88. The Morgan fingerprint density at radius 1 is 1.36 bits per heavy atom. The number of methoxy groups -OCH3 is 1. The van der Waals surface area contributed by atoms with Crippen molar-refractivity contribution in [3.05, 3.63) is 24.4 Å². The van der Waals surface area contributed by atoms with Crippen molar-refractivity contribution < 1.29 is 14.3 Å². The normalized spacial score (nSPS) is 17.0. The number of nitrogens with zero attached hydrogens (tertiary/aromatic N) is 3. The standard InChI is InChI=1S/C20H28N4O3S/c1-20(2,3)27-19(25)22-10-12-28-14-8-11-24(13-14)16-7-9-21-15-5-6-17(26-4)23-18(15)16/h5-7,9,14H,8,10-13H2,1-4H3,(H,22,25). The van der Waals surface area contributed by atoms with Crippen molar-refractivity contribution in [3.8, 4) is 5.88 Å². The number of amides is 1. The van der Waals surface area contributed by atoms with Gasteiger partial charge in [0.15, 0.2) is 0 Å². The van der Waals surface area contributed by atoms with Crippen molar-refractivity contribution in [2.45, 2.75) is 38.0 Å². The van der Waals surface area contributed by atoms with E-state index in [9.17, 15) is 4.79 Å². The smallest absolute Gasteiger partial charge is 0.407 e. The molecule has 1 N–H and O–H groups in total. The van der Waals surface area contributed by atoms with Crippen molar-refractivity contribution in [1.29, 1.82) is 0 Å². The molecule has 0 aromatic carbocycles. The van der Waals surface area contributed by atoms with Gasteiger partial charge in [0, 0.05) is 42.9 Å². The fraction of sp³-hybridized carbons (Fsp3) is 0.550.